The van der Waals surface area contributed by atoms with E-state index in [0.29, 0.717) is 11.3 Å². The van der Waals surface area contributed by atoms with Crippen LogP contribution in [0.15, 0.2) is 33.5 Å². The molecule has 19 heavy (non-hydrogen) atoms. The summed E-state index contributed by atoms with van der Waals surface area (Å²) in [4.78, 5) is 23.2. The van der Waals surface area contributed by atoms with E-state index >= 15 is 0 Å². The summed E-state index contributed by atoms with van der Waals surface area (Å²) < 4.78 is 5.16. The second-order valence-electron chi connectivity index (χ2n) is 5.08. The van der Waals surface area contributed by atoms with E-state index in [0.717, 1.165) is 30.2 Å². The molecule has 1 aromatic carbocycles. The number of fused-ring (bicyclic) bond motifs is 1. The molecule has 1 aliphatic rings. The molecule has 3 rings (SSSR count). The number of nitrogens with one attached hydrogen (secondary N) is 1. The third-order valence-electron chi connectivity index (χ3n) is 3.69. The Morgan fingerprint density at radius 3 is 2.79 bits per heavy atom. The van der Waals surface area contributed by atoms with E-state index in [9.17, 15) is 9.59 Å². The molecule has 1 amide bonds. The molecule has 0 atom stereocenters. The molecule has 0 radical (unpaired) electrons. The molecular weight excluding hydrogens is 242 g/mol. The summed E-state index contributed by atoms with van der Waals surface area (Å²) in [5.41, 5.74) is 1.70. The summed E-state index contributed by atoms with van der Waals surface area (Å²) in [6.07, 6.45) is 3.06. The lowest BCUT2D eigenvalue weighted by Crippen LogP contribution is -2.27. The van der Waals surface area contributed by atoms with Crippen LogP contribution in [0.2, 0.25) is 0 Å². The summed E-state index contributed by atoms with van der Waals surface area (Å²) >= 11 is 0. The maximum atomic E-state index is 11.9. The summed E-state index contributed by atoms with van der Waals surface area (Å²) in [6, 6.07) is 6.88. The Hall–Kier alpha value is -2.10. The highest BCUT2D eigenvalue weighted by Crippen LogP contribution is 2.28. The van der Waals surface area contributed by atoms with Gasteiger partial charge in [-0.25, -0.2) is 4.79 Å². The first-order chi connectivity index (χ1) is 9.13. The summed E-state index contributed by atoms with van der Waals surface area (Å²) in [7, 11) is 0. The van der Waals surface area contributed by atoms with Crippen LogP contribution in [-0.2, 0) is 4.79 Å². The number of rotatable bonds is 2. The molecule has 1 aliphatic carbocycles. The predicted molar refractivity (Wildman–Crippen MR) is 73.2 cm³/mol. The van der Waals surface area contributed by atoms with Crippen molar-refractivity contribution in [1.82, 2.24) is 0 Å². The lowest BCUT2D eigenvalue weighted by molar-refractivity contribution is -0.122. The molecule has 2 aromatic rings. The van der Waals surface area contributed by atoms with Gasteiger partial charge in [0, 0.05) is 29.1 Å². The number of anilines is 1. The summed E-state index contributed by atoms with van der Waals surface area (Å²) in [5, 5.41) is 3.76. The van der Waals surface area contributed by atoms with Crippen LogP contribution >= 0.6 is 0 Å². The molecule has 0 saturated heterocycles. The molecular formula is C15H15NO3. The Morgan fingerprint density at radius 1 is 1.32 bits per heavy atom. The SMILES string of the molecule is Cc1cc(=O)oc2cc(NC(=O)C3CCC3)ccc12. The number of carbonyl (C=O) groups is 1. The van der Waals surface area contributed by atoms with Gasteiger partial charge < -0.3 is 9.73 Å². The molecule has 98 valence electrons. The smallest absolute Gasteiger partial charge is 0.336 e. The van der Waals surface area contributed by atoms with Gasteiger partial charge in [-0.1, -0.05) is 6.42 Å². The molecule has 0 spiro atoms. The lowest BCUT2D eigenvalue weighted by Gasteiger charge is -2.24. The molecule has 1 saturated carbocycles. The molecule has 4 heteroatoms. The Kier molecular flexibility index (Phi) is 2.85. The monoisotopic (exact) mass is 257 g/mol. The van der Waals surface area contributed by atoms with Crippen molar-refractivity contribution in [2.24, 2.45) is 5.92 Å². The second kappa shape index (κ2) is 4.53. The summed E-state index contributed by atoms with van der Waals surface area (Å²) in [6.45, 7) is 1.87. The van der Waals surface area contributed by atoms with Gasteiger partial charge >= 0.3 is 5.63 Å². The van der Waals surface area contributed by atoms with Crippen molar-refractivity contribution < 1.29 is 9.21 Å². The zero-order chi connectivity index (χ0) is 13.4. The highest BCUT2D eigenvalue weighted by molar-refractivity contribution is 5.95. The van der Waals surface area contributed by atoms with Gasteiger partial charge in [0.05, 0.1) is 0 Å². The van der Waals surface area contributed by atoms with E-state index in [1.807, 2.05) is 19.1 Å². The zero-order valence-electron chi connectivity index (χ0n) is 10.7. The van der Waals surface area contributed by atoms with Crippen LogP contribution in [-0.4, -0.2) is 5.91 Å². The van der Waals surface area contributed by atoms with Gasteiger partial charge in [0.25, 0.3) is 0 Å². The fraction of sp³-hybridized carbons (Fsp3) is 0.333. The highest BCUT2D eigenvalue weighted by atomic mass is 16.4. The van der Waals surface area contributed by atoms with Crippen LogP contribution in [0.4, 0.5) is 5.69 Å². The minimum atomic E-state index is -0.368. The van der Waals surface area contributed by atoms with Gasteiger partial charge in [-0.15, -0.1) is 0 Å². The first-order valence-electron chi connectivity index (χ1n) is 6.49. The summed E-state index contributed by atoms with van der Waals surface area (Å²) in [5.74, 6) is 0.195. The minimum absolute atomic E-state index is 0.0561. The molecule has 0 aliphatic heterocycles. The number of benzene rings is 1. The molecule has 0 unspecified atom stereocenters. The van der Waals surface area contributed by atoms with Gasteiger partial charge in [0.2, 0.25) is 5.91 Å². The van der Waals surface area contributed by atoms with E-state index < -0.39 is 0 Å². The normalized spacial score (nSPS) is 15.2. The van der Waals surface area contributed by atoms with Crippen molar-refractivity contribution in [1.29, 1.82) is 0 Å². The lowest BCUT2D eigenvalue weighted by atomic mass is 9.85. The van der Waals surface area contributed by atoms with Crippen molar-refractivity contribution in [3.63, 3.8) is 0 Å². The van der Waals surface area contributed by atoms with E-state index in [-0.39, 0.29) is 17.5 Å². The van der Waals surface area contributed by atoms with E-state index in [4.69, 9.17) is 4.42 Å². The van der Waals surface area contributed by atoms with Gasteiger partial charge in [0.15, 0.2) is 0 Å². The van der Waals surface area contributed by atoms with Crippen molar-refractivity contribution in [3.05, 3.63) is 40.2 Å². The maximum absolute atomic E-state index is 11.9. The van der Waals surface area contributed by atoms with Crippen molar-refractivity contribution in [2.45, 2.75) is 26.2 Å². The maximum Gasteiger partial charge on any atom is 0.336 e. The minimum Gasteiger partial charge on any atom is -0.423 e. The topological polar surface area (TPSA) is 59.3 Å². The van der Waals surface area contributed by atoms with Gasteiger partial charge in [-0.3, -0.25) is 4.79 Å². The number of aryl methyl sites for hydroxylation is 1. The molecule has 1 fully saturated rings. The first-order valence-corrected chi connectivity index (χ1v) is 6.49. The number of carbonyl (C=O) groups excluding carboxylic acids is 1. The zero-order valence-corrected chi connectivity index (χ0v) is 10.7. The highest BCUT2D eigenvalue weighted by Gasteiger charge is 2.25. The van der Waals surface area contributed by atoms with Crippen LogP contribution in [0.3, 0.4) is 0 Å². The third kappa shape index (κ3) is 2.26. The van der Waals surface area contributed by atoms with Gasteiger partial charge in [0.1, 0.15) is 5.58 Å². The molecule has 4 nitrogen and oxygen atoms in total. The van der Waals surface area contributed by atoms with E-state index in [1.54, 1.807) is 6.07 Å². The number of hydrogen-bond acceptors (Lipinski definition) is 3. The second-order valence-corrected chi connectivity index (χ2v) is 5.08. The number of hydrogen-bond donors (Lipinski definition) is 1. The standard InChI is InChI=1S/C15H15NO3/c1-9-7-14(17)19-13-8-11(5-6-12(9)13)16-15(18)10-3-2-4-10/h5-8,10H,2-4H2,1H3,(H,16,18). The van der Waals surface area contributed by atoms with Gasteiger partial charge in [-0.05, 0) is 37.5 Å². The fourth-order valence-electron chi connectivity index (χ4n) is 2.32. The Bertz CT molecular complexity index is 698. The fourth-order valence-corrected chi connectivity index (χ4v) is 2.32. The molecule has 1 heterocycles. The Labute approximate surface area is 110 Å². The van der Waals surface area contributed by atoms with Crippen molar-refractivity contribution in [3.8, 4) is 0 Å². The van der Waals surface area contributed by atoms with Crippen LogP contribution < -0.4 is 10.9 Å². The van der Waals surface area contributed by atoms with Crippen molar-refractivity contribution in [2.75, 3.05) is 5.32 Å². The predicted octanol–water partition coefficient (Wildman–Crippen LogP) is 2.84. The van der Waals surface area contributed by atoms with E-state index in [1.165, 1.54) is 6.07 Å². The Balaban J connectivity index is 1.92. The average Bonchev–Trinajstić information content (AvgIpc) is 2.25. The van der Waals surface area contributed by atoms with E-state index in [2.05, 4.69) is 5.32 Å². The van der Waals surface area contributed by atoms with Crippen LogP contribution in [0.1, 0.15) is 24.8 Å². The van der Waals surface area contributed by atoms with Gasteiger partial charge in [-0.2, -0.15) is 0 Å². The largest absolute Gasteiger partial charge is 0.423 e. The third-order valence-corrected chi connectivity index (χ3v) is 3.69. The van der Waals surface area contributed by atoms with Crippen LogP contribution in [0.5, 0.6) is 0 Å². The van der Waals surface area contributed by atoms with Crippen molar-refractivity contribution >= 4 is 22.6 Å². The van der Waals surface area contributed by atoms with Crippen LogP contribution in [0.25, 0.3) is 11.0 Å². The Morgan fingerprint density at radius 2 is 2.11 bits per heavy atom. The number of amides is 1. The first kappa shape index (κ1) is 12.0. The van der Waals surface area contributed by atoms with Crippen LogP contribution in [0, 0.1) is 12.8 Å². The average molecular weight is 257 g/mol. The molecule has 0 bridgehead atoms. The molecule has 1 N–H and O–H groups in total. The molecule has 1 aromatic heterocycles. The quantitative estimate of drug-likeness (QED) is 0.841.